The third-order valence-corrected chi connectivity index (χ3v) is 0.903. The van der Waals surface area contributed by atoms with Gasteiger partial charge in [0.2, 0.25) is 0 Å². The molecule has 0 amide bonds. The second kappa shape index (κ2) is 6.51. The van der Waals surface area contributed by atoms with Crippen LogP contribution in [0.15, 0.2) is 4.99 Å². The summed E-state index contributed by atoms with van der Waals surface area (Å²) in [6.45, 7) is 2.74. The van der Waals surface area contributed by atoms with Crippen molar-refractivity contribution in [2.45, 2.75) is 6.92 Å². The molecule has 0 aromatic carbocycles. The fourth-order valence-electron chi connectivity index (χ4n) is 0.394. The van der Waals surface area contributed by atoms with Gasteiger partial charge >= 0.3 is 0 Å². The third-order valence-electron chi connectivity index (χ3n) is 0.903. The number of amidine groups is 1. The summed E-state index contributed by atoms with van der Waals surface area (Å²) in [6, 6.07) is 0. The van der Waals surface area contributed by atoms with E-state index in [2.05, 4.69) is 10.3 Å². The van der Waals surface area contributed by atoms with E-state index >= 15 is 0 Å². The van der Waals surface area contributed by atoms with Gasteiger partial charge in [-0.15, -0.1) is 0 Å². The number of nitrogens with one attached hydrogen (secondary N) is 1. The van der Waals surface area contributed by atoms with E-state index in [9.17, 15) is 0 Å². The van der Waals surface area contributed by atoms with Gasteiger partial charge in [-0.25, -0.2) is 4.99 Å². The first-order chi connectivity index (χ1) is 4.81. The second-order valence-electron chi connectivity index (χ2n) is 1.77. The van der Waals surface area contributed by atoms with Gasteiger partial charge in [-0.1, -0.05) is 0 Å². The quantitative estimate of drug-likeness (QED) is 0.350. The molecule has 0 rings (SSSR count). The Morgan fingerprint density at radius 3 is 2.60 bits per heavy atom. The Hall–Kier alpha value is -0.610. The molecule has 0 spiro atoms. The minimum atomic E-state index is 0.391. The second-order valence-corrected chi connectivity index (χ2v) is 1.77. The van der Waals surface area contributed by atoms with Crippen molar-refractivity contribution in [2.24, 2.45) is 4.99 Å². The minimum absolute atomic E-state index is 0.391. The summed E-state index contributed by atoms with van der Waals surface area (Å²) in [5.74, 6) is 0.823. The van der Waals surface area contributed by atoms with Crippen molar-refractivity contribution < 1.29 is 9.47 Å². The predicted octanol–water partition coefficient (Wildman–Crippen LogP) is 0.202. The van der Waals surface area contributed by atoms with Crippen LogP contribution in [0.3, 0.4) is 0 Å². The zero-order chi connectivity index (χ0) is 7.82. The average Bonchev–Trinajstić information content (AvgIpc) is 1.97. The Morgan fingerprint density at radius 2 is 2.10 bits per heavy atom. The molecule has 60 valence electrons. The van der Waals surface area contributed by atoms with E-state index in [1.54, 1.807) is 14.2 Å². The summed E-state index contributed by atoms with van der Waals surface area (Å²) in [7, 11) is 3.23. The van der Waals surface area contributed by atoms with Crippen LogP contribution in [0.25, 0.3) is 0 Å². The monoisotopic (exact) mass is 146 g/mol. The molecule has 0 aromatic rings. The van der Waals surface area contributed by atoms with Gasteiger partial charge in [0.25, 0.3) is 0 Å². The van der Waals surface area contributed by atoms with Crippen molar-refractivity contribution in [1.82, 2.24) is 5.32 Å². The number of ether oxygens (including phenoxy) is 2. The molecule has 4 heteroatoms. The van der Waals surface area contributed by atoms with Crippen LogP contribution in [-0.4, -0.2) is 33.5 Å². The highest BCUT2D eigenvalue weighted by molar-refractivity contribution is 5.79. The molecule has 0 aliphatic carbocycles. The Balaban J connectivity index is 3.30. The molecule has 1 N–H and O–H groups in total. The van der Waals surface area contributed by atoms with Crippen LogP contribution in [0, 0.1) is 0 Å². The van der Waals surface area contributed by atoms with Crippen molar-refractivity contribution >= 4 is 5.84 Å². The number of hydrogen-bond donors (Lipinski definition) is 1. The van der Waals surface area contributed by atoms with Gasteiger partial charge in [-0.05, 0) is 6.92 Å². The van der Waals surface area contributed by atoms with Crippen molar-refractivity contribution in [3.05, 3.63) is 0 Å². The Labute approximate surface area is 61.2 Å². The van der Waals surface area contributed by atoms with Gasteiger partial charge in [0, 0.05) is 14.2 Å². The summed E-state index contributed by atoms with van der Waals surface area (Å²) < 4.78 is 9.48. The zero-order valence-corrected chi connectivity index (χ0v) is 6.68. The summed E-state index contributed by atoms with van der Waals surface area (Å²) in [4.78, 5) is 3.98. The minimum Gasteiger partial charge on any atom is -0.365 e. The maximum absolute atomic E-state index is 4.76. The molecule has 0 aliphatic rings. The lowest BCUT2D eigenvalue weighted by molar-refractivity contribution is 0.189. The van der Waals surface area contributed by atoms with E-state index in [4.69, 9.17) is 9.47 Å². The van der Waals surface area contributed by atoms with Gasteiger partial charge in [0.1, 0.15) is 13.5 Å². The first kappa shape index (κ1) is 9.39. The largest absolute Gasteiger partial charge is 0.365 e. The Kier molecular flexibility index (Phi) is 6.11. The van der Waals surface area contributed by atoms with Crippen LogP contribution >= 0.6 is 0 Å². The first-order valence-electron chi connectivity index (χ1n) is 3.04. The molecule has 0 saturated heterocycles. The van der Waals surface area contributed by atoms with Gasteiger partial charge < -0.3 is 14.8 Å². The van der Waals surface area contributed by atoms with Gasteiger partial charge in [-0.3, -0.25) is 0 Å². The molecule has 0 aromatic heterocycles. The number of nitrogens with zero attached hydrogens (tertiary/aromatic N) is 1. The molecular formula is C6H14N2O2. The van der Waals surface area contributed by atoms with Crippen molar-refractivity contribution in [2.75, 3.05) is 27.7 Å². The van der Waals surface area contributed by atoms with Crippen LogP contribution in [-0.2, 0) is 9.47 Å². The molecule has 0 aliphatic heterocycles. The fraction of sp³-hybridized carbons (Fsp3) is 0.833. The zero-order valence-electron chi connectivity index (χ0n) is 6.68. The predicted molar refractivity (Wildman–Crippen MR) is 40.0 cm³/mol. The lowest BCUT2D eigenvalue weighted by Gasteiger charge is -2.02. The molecule has 4 nitrogen and oxygen atoms in total. The third kappa shape index (κ3) is 5.53. The maximum Gasteiger partial charge on any atom is 0.139 e. The Bertz CT molecular complexity index is 104. The van der Waals surface area contributed by atoms with E-state index in [1.165, 1.54) is 0 Å². The normalized spacial score (nSPS) is 11.7. The van der Waals surface area contributed by atoms with Crippen LogP contribution in [0.1, 0.15) is 6.92 Å². The van der Waals surface area contributed by atoms with E-state index < -0.39 is 0 Å². The first-order valence-corrected chi connectivity index (χ1v) is 3.04. The molecule has 0 unspecified atom stereocenters. The van der Waals surface area contributed by atoms with Crippen LogP contribution in [0.4, 0.5) is 0 Å². The number of rotatable bonds is 4. The highest BCUT2D eigenvalue weighted by Gasteiger charge is 1.84. The van der Waals surface area contributed by atoms with Crippen LogP contribution < -0.4 is 5.32 Å². The molecule has 0 heterocycles. The van der Waals surface area contributed by atoms with Gasteiger partial charge in [0.15, 0.2) is 0 Å². The summed E-state index contributed by atoms with van der Waals surface area (Å²) in [5, 5.41) is 2.91. The van der Waals surface area contributed by atoms with Crippen LogP contribution in [0.2, 0.25) is 0 Å². The standard InChI is InChI=1S/C6H14N2O2/c1-6(7-4-9-2)8-5-10-3/h4-5H2,1-3H3,(H,7,8). The number of hydrogen-bond acceptors (Lipinski definition) is 3. The van der Waals surface area contributed by atoms with E-state index in [0.29, 0.717) is 13.5 Å². The average molecular weight is 146 g/mol. The fourth-order valence-corrected chi connectivity index (χ4v) is 0.394. The molecule has 10 heavy (non-hydrogen) atoms. The van der Waals surface area contributed by atoms with Crippen LogP contribution in [0.5, 0.6) is 0 Å². The molecule has 0 atom stereocenters. The smallest absolute Gasteiger partial charge is 0.139 e. The van der Waals surface area contributed by atoms with E-state index in [1.807, 2.05) is 6.92 Å². The summed E-state index contributed by atoms with van der Waals surface area (Å²) >= 11 is 0. The van der Waals surface area contributed by atoms with Crippen molar-refractivity contribution in [1.29, 1.82) is 0 Å². The van der Waals surface area contributed by atoms with Crippen molar-refractivity contribution in [3.8, 4) is 0 Å². The molecule has 0 saturated carbocycles. The lowest BCUT2D eigenvalue weighted by atomic mass is 10.7. The van der Waals surface area contributed by atoms with E-state index in [-0.39, 0.29) is 0 Å². The highest BCUT2D eigenvalue weighted by atomic mass is 16.5. The maximum atomic E-state index is 4.76. The molecule has 0 fully saturated rings. The van der Waals surface area contributed by atoms with Crippen molar-refractivity contribution in [3.63, 3.8) is 0 Å². The summed E-state index contributed by atoms with van der Waals surface area (Å²) in [6.07, 6.45) is 0. The molecule has 0 radical (unpaired) electrons. The Morgan fingerprint density at radius 1 is 1.40 bits per heavy atom. The summed E-state index contributed by atoms with van der Waals surface area (Å²) in [5.41, 5.74) is 0. The van der Waals surface area contributed by atoms with Gasteiger partial charge in [-0.2, -0.15) is 0 Å². The number of methoxy groups -OCH3 is 2. The SMILES string of the molecule is COCN=C(C)NCOC. The highest BCUT2D eigenvalue weighted by Crippen LogP contribution is 1.73. The topological polar surface area (TPSA) is 42.8 Å². The molecule has 0 bridgehead atoms. The number of aliphatic imine (C=N–C) groups is 1. The van der Waals surface area contributed by atoms with E-state index in [0.717, 1.165) is 5.84 Å². The van der Waals surface area contributed by atoms with Gasteiger partial charge in [0.05, 0.1) is 5.84 Å². The molecular weight excluding hydrogens is 132 g/mol. The lowest BCUT2D eigenvalue weighted by Crippen LogP contribution is -2.22.